The van der Waals surface area contributed by atoms with Crippen LogP contribution in [0.2, 0.25) is 5.02 Å². The van der Waals surface area contributed by atoms with E-state index in [4.69, 9.17) is 25.8 Å². The molecule has 0 bridgehead atoms. The van der Waals surface area contributed by atoms with Gasteiger partial charge in [0, 0.05) is 24.1 Å². The van der Waals surface area contributed by atoms with E-state index >= 15 is 0 Å². The first-order valence-corrected chi connectivity index (χ1v) is 10.2. The molecule has 11 heteroatoms. The molecular weight excluding hydrogens is 457 g/mol. The summed E-state index contributed by atoms with van der Waals surface area (Å²) in [6.45, 7) is -0.366. The fourth-order valence-corrected chi connectivity index (χ4v) is 3.21. The SMILES string of the molecule is COc1cc2ncn(CCCC(=O)OCC(=O)Nc3cc(Cl)ccc3F)c(=O)c2cc1OC. The zero-order valence-electron chi connectivity index (χ0n) is 17.9. The lowest BCUT2D eigenvalue weighted by Gasteiger charge is -2.10. The van der Waals surface area contributed by atoms with Gasteiger partial charge in [-0.3, -0.25) is 19.0 Å². The standard InChI is InChI=1S/C22H21ClFN3O6/c1-31-18-9-14-16(10-19(18)32-2)25-12-27(22(14)30)7-3-4-21(29)33-11-20(28)26-17-8-13(23)5-6-15(17)24/h5-6,8-10,12H,3-4,7,11H2,1-2H3,(H,26,28). The molecule has 2 aromatic carbocycles. The number of benzene rings is 2. The summed E-state index contributed by atoms with van der Waals surface area (Å²) in [5.74, 6) is -1.14. The summed E-state index contributed by atoms with van der Waals surface area (Å²) in [4.78, 5) is 40.8. The number of methoxy groups -OCH3 is 2. The summed E-state index contributed by atoms with van der Waals surface area (Å²) in [5, 5.41) is 2.88. The summed E-state index contributed by atoms with van der Waals surface area (Å²) in [5.41, 5.74) is 0.0497. The minimum atomic E-state index is -0.705. The van der Waals surface area contributed by atoms with Gasteiger partial charge in [-0.05, 0) is 30.7 Å². The Labute approximate surface area is 193 Å². The van der Waals surface area contributed by atoms with Crippen LogP contribution in [0.3, 0.4) is 0 Å². The van der Waals surface area contributed by atoms with E-state index in [2.05, 4.69) is 10.3 Å². The molecule has 0 aliphatic carbocycles. The van der Waals surface area contributed by atoms with Gasteiger partial charge in [-0.1, -0.05) is 11.6 Å². The quantitative estimate of drug-likeness (QED) is 0.471. The highest BCUT2D eigenvalue weighted by Crippen LogP contribution is 2.29. The van der Waals surface area contributed by atoms with Crippen LogP contribution >= 0.6 is 11.6 Å². The van der Waals surface area contributed by atoms with E-state index in [0.29, 0.717) is 22.4 Å². The summed E-state index contributed by atoms with van der Waals surface area (Å²) in [6.07, 6.45) is 1.63. The van der Waals surface area contributed by atoms with Crippen molar-refractivity contribution in [2.45, 2.75) is 19.4 Å². The topological polar surface area (TPSA) is 109 Å². The van der Waals surface area contributed by atoms with E-state index < -0.39 is 24.3 Å². The number of fused-ring (bicyclic) bond motifs is 1. The molecule has 0 fully saturated rings. The first-order valence-electron chi connectivity index (χ1n) is 9.84. The van der Waals surface area contributed by atoms with E-state index in [1.54, 1.807) is 12.1 Å². The third-order valence-corrected chi connectivity index (χ3v) is 4.91. The highest BCUT2D eigenvalue weighted by Gasteiger charge is 2.13. The van der Waals surface area contributed by atoms with E-state index in [1.807, 2.05) is 0 Å². The lowest BCUT2D eigenvalue weighted by Crippen LogP contribution is -2.23. The van der Waals surface area contributed by atoms with Gasteiger partial charge in [0.1, 0.15) is 5.82 Å². The summed E-state index contributed by atoms with van der Waals surface area (Å²) in [7, 11) is 2.96. The Kier molecular flexibility index (Phi) is 7.83. The molecule has 174 valence electrons. The van der Waals surface area contributed by atoms with Crippen LogP contribution in [0.15, 0.2) is 41.5 Å². The second-order valence-corrected chi connectivity index (χ2v) is 7.34. The zero-order chi connectivity index (χ0) is 24.0. The van der Waals surface area contributed by atoms with Crippen LogP contribution in [-0.2, 0) is 20.9 Å². The fraction of sp³-hybridized carbons (Fsp3) is 0.273. The number of carbonyl (C=O) groups is 2. The van der Waals surface area contributed by atoms with Gasteiger partial charge in [-0.25, -0.2) is 9.37 Å². The number of anilines is 1. The van der Waals surface area contributed by atoms with Crippen LogP contribution in [0.5, 0.6) is 11.5 Å². The predicted octanol–water partition coefficient (Wildman–Crippen LogP) is 3.17. The van der Waals surface area contributed by atoms with Crippen LogP contribution in [0.25, 0.3) is 10.9 Å². The Morgan fingerprint density at radius 3 is 2.61 bits per heavy atom. The monoisotopic (exact) mass is 477 g/mol. The maximum absolute atomic E-state index is 13.6. The zero-order valence-corrected chi connectivity index (χ0v) is 18.6. The van der Waals surface area contributed by atoms with Crippen LogP contribution in [0.4, 0.5) is 10.1 Å². The number of esters is 1. The third-order valence-electron chi connectivity index (χ3n) is 4.68. The van der Waals surface area contributed by atoms with Crippen molar-refractivity contribution in [1.29, 1.82) is 0 Å². The van der Waals surface area contributed by atoms with Crippen molar-refractivity contribution >= 4 is 40.1 Å². The second-order valence-electron chi connectivity index (χ2n) is 6.90. The average Bonchev–Trinajstić information content (AvgIpc) is 2.80. The third kappa shape index (κ3) is 5.98. The molecule has 33 heavy (non-hydrogen) atoms. The average molecular weight is 478 g/mol. The molecule has 0 spiro atoms. The van der Waals surface area contributed by atoms with Crippen LogP contribution in [0, 0.1) is 5.82 Å². The molecule has 3 aromatic rings. The maximum Gasteiger partial charge on any atom is 0.306 e. The molecule has 1 aromatic heterocycles. The van der Waals surface area contributed by atoms with E-state index in [0.717, 1.165) is 6.07 Å². The first kappa shape index (κ1) is 24.0. The lowest BCUT2D eigenvalue weighted by atomic mass is 10.2. The first-order chi connectivity index (χ1) is 15.8. The van der Waals surface area contributed by atoms with Gasteiger partial charge in [0.15, 0.2) is 18.1 Å². The molecule has 3 rings (SSSR count). The Balaban J connectivity index is 1.53. The van der Waals surface area contributed by atoms with Crippen LogP contribution < -0.4 is 20.3 Å². The molecule has 1 N–H and O–H groups in total. The molecule has 0 aliphatic rings. The molecule has 0 saturated heterocycles. The summed E-state index contributed by atoms with van der Waals surface area (Å²) < 4.78 is 30.3. The predicted molar refractivity (Wildman–Crippen MR) is 119 cm³/mol. The Morgan fingerprint density at radius 1 is 1.15 bits per heavy atom. The Hall–Kier alpha value is -3.66. The van der Waals surface area contributed by atoms with Gasteiger partial charge in [-0.2, -0.15) is 0 Å². The van der Waals surface area contributed by atoms with Crippen LogP contribution in [-0.4, -0.2) is 42.3 Å². The summed E-state index contributed by atoms with van der Waals surface area (Å²) in [6, 6.07) is 6.86. The molecule has 0 radical (unpaired) electrons. The van der Waals surface area contributed by atoms with Gasteiger partial charge < -0.3 is 19.5 Å². The highest BCUT2D eigenvalue weighted by molar-refractivity contribution is 6.30. The number of aromatic nitrogens is 2. The van der Waals surface area contributed by atoms with Gasteiger partial charge >= 0.3 is 5.97 Å². The van der Waals surface area contributed by atoms with Gasteiger partial charge in [0.25, 0.3) is 11.5 Å². The minimum Gasteiger partial charge on any atom is -0.493 e. The Bertz CT molecular complexity index is 1250. The number of carbonyl (C=O) groups excluding carboxylic acids is 2. The van der Waals surface area contributed by atoms with Crippen molar-refractivity contribution in [3.05, 3.63) is 57.9 Å². The molecule has 1 heterocycles. The van der Waals surface area contributed by atoms with Crippen LogP contribution in [0.1, 0.15) is 12.8 Å². The number of amides is 1. The van der Waals surface area contributed by atoms with Crippen molar-refractivity contribution < 1.29 is 28.2 Å². The Morgan fingerprint density at radius 2 is 1.88 bits per heavy atom. The van der Waals surface area contributed by atoms with Crippen molar-refractivity contribution in [3.8, 4) is 11.5 Å². The molecule has 9 nitrogen and oxygen atoms in total. The van der Waals surface area contributed by atoms with Gasteiger partial charge in [-0.15, -0.1) is 0 Å². The lowest BCUT2D eigenvalue weighted by molar-refractivity contribution is -0.147. The van der Waals surface area contributed by atoms with Crippen molar-refractivity contribution in [2.75, 3.05) is 26.1 Å². The molecule has 0 unspecified atom stereocenters. The number of halogens is 2. The normalized spacial score (nSPS) is 10.7. The molecule has 0 saturated carbocycles. The van der Waals surface area contributed by atoms with Gasteiger partial charge in [0.2, 0.25) is 0 Å². The smallest absolute Gasteiger partial charge is 0.306 e. The van der Waals surface area contributed by atoms with E-state index in [-0.39, 0.29) is 35.7 Å². The van der Waals surface area contributed by atoms with Crippen molar-refractivity contribution in [3.63, 3.8) is 0 Å². The molecular formula is C22H21ClFN3O6. The molecule has 0 atom stereocenters. The number of hydrogen-bond acceptors (Lipinski definition) is 7. The number of ether oxygens (including phenoxy) is 3. The van der Waals surface area contributed by atoms with E-state index in [1.165, 1.54) is 37.2 Å². The number of rotatable bonds is 9. The number of nitrogens with zero attached hydrogens (tertiary/aromatic N) is 2. The van der Waals surface area contributed by atoms with Crippen molar-refractivity contribution in [2.24, 2.45) is 0 Å². The highest BCUT2D eigenvalue weighted by atomic mass is 35.5. The largest absolute Gasteiger partial charge is 0.493 e. The molecule has 1 amide bonds. The van der Waals surface area contributed by atoms with E-state index in [9.17, 15) is 18.8 Å². The second kappa shape index (κ2) is 10.8. The summed E-state index contributed by atoms with van der Waals surface area (Å²) >= 11 is 5.76. The maximum atomic E-state index is 13.6. The fourth-order valence-electron chi connectivity index (χ4n) is 3.04. The van der Waals surface area contributed by atoms with Gasteiger partial charge in [0.05, 0.1) is 37.1 Å². The minimum absolute atomic E-state index is 0.0325. The number of aryl methyl sites for hydroxylation is 1. The van der Waals surface area contributed by atoms with Crippen molar-refractivity contribution in [1.82, 2.24) is 9.55 Å². The molecule has 0 aliphatic heterocycles. The number of nitrogens with one attached hydrogen (secondary N) is 1. The number of hydrogen-bond donors (Lipinski definition) is 1.